The summed E-state index contributed by atoms with van der Waals surface area (Å²) in [5.74, 6) is 0.734. The molecule has 0 fully saturated rings. The SMILES string of the molecule is CNCCCc1ccc2oc(C)nc2c1. The van der Waals surface area contributed by atoms with Crippen molar-refractivity contribution in [3.05, 3.63) is 29.7 Å². The summed E-state index contributed by atoms with van der Waals surface area (Å²) >= 11 is 0. The Balaban J connectivity index is 2.15. The summed E-state index contributed by atoms with van der Waals surface area (Å²) in [5.41, 5.74) is 3.17. The number of nitrogens with zero attached hydrogens (tertiary/aromatic N) is 1. The third kappa shape index (κ3) is 2.36. The molecule has 1 aromatic carbocycles. The number of oxazole rings is 1. The van der Waals surface area contributed by atoms with E-state index < -0.39 is 0 Å². The fourth-order valence-corrected chi connectivity index (χ4v) is 1.71. The monoisotopic (exact) mass is 204 g/mol. The van der Waals surface area contributed by atoms with E-state index in [1.54, 1.807) is 0 Å². The van der Waals surface area contributed by atoms with Crippen LogP contribution in [0.4, 0.5) is 0 Å². The van der Waals surface area contributed by atoms with Crippen molar-refractivity contribution in [1.82, 2.24) is 10.3 Å². The molecule has 15 heavy (non-hydrogen) atoms. The van der Waals surface area contributed by atoms with Crippen LogP contribution in [0.3, 0.4) is 0 Å². The molecule has 0 amide bonds. The van der Waals surface area contributed by atoms with Gasteiger partial charge in [-0.2, -0.15) is 0 Å². The Morgan fingerprint density at radius 2 is 2.27 bits per heavy atom. The van der Waals surface area contributed by atoms with Gasteiger partial charge < -0.3 is 9.73 Å². The van der Waals surface area contributed by atoms with E-state index >= 15 is 0 Å². The van der Waals surface area contributed by atoms with Crippen molar-refractivity contribution in [3.63, 3.8) is 0 Å². The summed E-state index contributed by atoms with van der Waals surface area (Å²) in [6.07, 6.45) is 2.24. The molecule has 0 aliphatic carbocycles. The van der Waals surface area contributed by atoms with Crippen LogP contribution >= 0.6 is 0 Å². The number of nitrogens with one attached hydrogen (secondary N) is 1. The molecule has 0 spiro atoms. The highest BCUT2D eigenvalue weighted by molar-refractivity contribution is 5.73. The van der Waals surface area contributed by atoms with Crippen LogP contribution in [0, 0.1) is 6.92 Å². The van der Waals surface area contributed by atoms with Crippen LogP contribution < -0.4 is 5.32 Å². The van der Waals surface area contributed by atoms with E-state index in [-0.39, 0.29) is 0 Å². The largest absolute Gasteiger partial charge is 0.441 e. The first kappa shape index (κ1) is 10.2. The molecule has 0 bridgehead atoms. The van der Waals surface area contributed by atoms with Gasteiger partial charge in [0.25, 0.3) is 0 Å². The summed E-state index contributed by atoms with van der Waals surface area (Å²) in [6, 6.07) is 6.23. The molecule has 1 heterocycles. The van der Waals surface area contributed by atoms with Crippen molar-refractivity contribution in [2.75, 3.05) is 13.6 Å². The van der Waals surface area contributed by atoms with E-state index in [1.165, 1.54) is 5.56 Å². The van der Waals surface area contributed by atoms with Crippen LogP contribution in [0.5, 0.6) is 0 Å². The van der Waals surface area contributed by atoms with E-state index in [0.717, 1.165) is 36.4 Å². The van der Waals surface area contributed by atoms with Gasteiger partial charge in [-0.05, 0) is 44.1 Å². The van der Waals surface area contributed by atoms with Gasteiger partial charge in [-0.15, -0.1) is 0 Å². The summed E-state index contributed by atoms with van der Waals surface area (Å²) in [4.78, 5) is 4.32. The molecule has 1 N–H and O–H groups in total. The number of hydrogen-bond acceptors (Lipinski definition) is 3. The van der Waals surface area contributed by atoms with Crippen LogP contribution in [0.15, 0.2) is 22.6 Å². The van der Waals surface area contributed by atoms with Gasteiger partial charge in [0.15, 0.2) is 11.5 Å². The lowest BCUT2D eigenvalue weighted by Gasteiger charge is -2.00. The molecule has 2 rings (SSSR count). The summed E-state index contributed by atoms with van der Waals surface area (Å²) in [5, 5.41) is 3.15. The minimum absolute atomic E-state index is 0.734. The lowest BCUT2D eigenvalue weighted by Crippen LogP contribution is -2.08. The fourth-order valence-electron chi connectivity index (χ4n) is 1.71. The predicted octanol–water partition coefficient (Wildman–Crippen LogP) is 2.29. The standard InChI is InChI=1S/C12H16N2O/c1-9-14-11-8-10(4-3-7-13-2)5-6-12(11)15-9/h5-6,8,13H,3-4,7H2,1-2H3. The second-order valence-corrected chi connectivity index (χ2v) is 3.74. The van der Waals surface area contributed by atoms with Crippen LogP contribution in [0.2, 0.25) is 0 Å². The van der Waals surface area contributed by atoms with E-state index in [4.69, 9.17) is 4.42 Å². The Morgan fingerprint density at radius 3 is 3.07 bits per heavy atom. The van der Waals surface area contributed by atoms with E-state index in [2.05, 4.69) is 22.4 Å². The van der Waals surface area contributed by atoms with Gasteiger partial charge in [-0.1, -0.05) is 6.07 Å². The highest BCUT2D eigenvalue weighted by Crippen LogP contribution is 2.17. The van der Waals surface area contributed by atoms with Crippen LogP contribution in [0.25, 0.3) is 11.1 Å². The van der Waals surface area contributed by atoms with Gasteiger partial charge in [0.2, 0.25) is 0 Å². The molecule has 0 atom stereocenters. The average Bonchev–Trinajstić information content (AvgIpc) is 2.57. The summed E-state index contributed by atoms with van der Waals surface area (Å²) in [7, 11) is 1.98. The minimum atomic E-state index is 0.734. The van der Waals surface area contributed by atoms with Crippen molar-refractivity contribution in [3.8, 4) is 0 Å². The average molecular weight is 204 g/mol. The van der Waals surface area contributed by atoms with Gasteiger partial charge in [0.05, 0.1) is 0 Å². The highest BCUT2D eigenvalue weighted by Gasteiger charge is 2.02. The molecular weight excluding hydrogens is 188 g/mol. The maximum Gasteiger partial charge on any atom is 0.192 e. The maximum absolute atomic E-state index is 5.43. The Hall–Kier alpha value is -1.35. The summed E-state index contributed by atoms with van der Waals surface area (Å²) < 4.78 is 5.43. The molecule has 0 radical (unpaired) electrons. The Bertz CT molecular complexity index is 448. The molecule has 0 saturated carbocycles. The van der Waals surface area contributed by atoms with Gasteiger partial charge in [-0.3, -0.25) is 0 Å². The Morgan fingerprint density at radius 1 is 1.40 bits per heavy atom. The molecule has 0 aliphatic heterocycles. The van der Waals surface area contributed by atoms with Crippen molar-refractivity contribution in [2.24, 2.45) is 0 Å². The smallest absolute Gasteiger partial charge is 0.192 e. The number of aromatic nitrogens is 1. The first-order valence-electron chi connectivity index (χ1n) is 5.30. The normalized spacial score (nSPS) is 11.1. The van der Waals surface area contributed by atoms with Crippen LogP contribution in [0.1, 0.15) is 17.9 Å². The quantitative estimate of drug-likeness (QED) is 0.776. The van der Waals surface area contributed by atoms with Crippen molar-refractivity contribution in [2.45, 2.75) is 19.8 Å². The number of benzene rings is 1. The topological polar surface area (TPSA) is 38.1 Å². The van der Waals surface area contributed by atoms with E-state index in [1.807, 2.05) is 20.0 Å². The lowest BCUT2D eigenvalue weighted by molar-refractivity contribution is 0.561. The molecule has 0 aliphatic rings. The minimum Gasteiger partial charge on any atom is -0.441 e. The van der Waals surface area contributed by atoms with Gasteiger partial charge in [-0.25, -0.2) is 4.98 Å². The fraction of sp³-hybridized carbons (Fsp3) is 0.417. The second kappa shape index (κ2) is 4.45. The van der Waals surface area contributed by atoms with Gasteiger partial charge >= 0.3 is 0 Å². The molecular formula is C12H16N2O. The van der Waals surface area contributed by atoms with Crippen LogP contribution in [-0.2, 0) is 6.42 Å². The van der Waals surface area contributed by atoms with Crippen LogP contribution in [-0.4, -0.2) is 18.6 Å². The van der Waals surface area contributed by atoms with Crippen molar-refractivity contribution < 1.29 is 4.42 Å². The molecule has 1 aromatic heterocycles. The first-order chi connectivity index (χ1) is 7.29. The second-order valence-electron chi connectivity index (χ2n) is 3.74. The number of aryl methyl sites for hydroxylation is 2. The Labute approximate surface area is 89.5 Å². The predicted molar refractivity (Wildman–Crippen MR) is 61.0 cm³/mol. The van der Waals surface area contributed by atoms with E-state index in [9.17, 15) is 0 Å². The zero-order valence-electron chi connectivity index (χ0n) is 9.21. The highest BCUT2D eigenvalue weighted by atomic mass is 16.3. The zero-order valence-corrected chi connectivity index (χ0v) is 9.21. The third-order valence-electron chi connectivity index (χ3n) is 2.45. The number of rotatable bonds is 4. The van der Waals surface area contributed by atoms with E-state index in [0.29, 0.717) is 0 Å². The lowest BCUT2D eigenvalue weighted by atomic mass is 10.1. The first-order valence-corrected chi connectivity index (χ1v) is 5.30. The zero-order chi connectivity index (χ0) is 10.7. The maximum atomic E-state index is 5.43. The molecule has 3 heteroatoms. The molecule has 2 aromatic rings. The molecule has 3 nitrogen and oxygen atoms in total. The number of fused-ring (bicyclic) bond motifs is 1. The number of hydrogen-bond donors (Lipinski definition) is 1. The Kier molecular flexibility index (Phi) is 3.02. The molecule has 80 valence electrons. The van der Waals surface area contributed by atoms with Crippen molar-refractivity contribution in [1.29, 1.82) is 0 Å². The van der Waals surface area contributed by atoms with Crippen molar-refractivity contribution >= 4 is 11.1 Å². The van der Waals surface area contributed by atoms with Gasteiger partial charge in [0.1, 0.15) is 5.52 Å². The summed E-state index contributed by atoms with van der Waals surface area (Å²) in [6.45, 7) is 2.93. The third-order valence-corrected chi connectivity index (χ3v) is 2.45. The molecule has 0 saturated heterocycles. The van der Waals surface area contributed by atoms with Gasteiger partial charge in [0, 0.05) is 6.92 Å². The molecule has 0 unspecified atom stereocenters.